The Kier molecular flexibility index (Phi) is 6.99. The molecule has 1 saturated heterocycles. The highest BCUT2D eigenvalue weighted by Crippen LogP contribution is 2.25. The topological polar surface area (TPSA) is 66.5 Å². The SMILES string of the molecule is O=C(Cc1c(Cl)cccc1Cl)NCC1CCN(S(=O)(=O)c2ccccc2)CC1. The van der Waals surface area contributed by atoms with Gasteiger partial charge in [-0.1, -0.05) is 47.5 Å². The fourth-order valence-corrected chi connectivity index (χ4v) is 5.30. The van der Waals surface area contributed by atoms with Gasteiger partial charge in [-0.05, 0) is 48.6 Å². The van der Waals surface area contributed by atoms with Crippen LogP contribution in [0.5, 0.6) is 0 Å². The van der Waals surface area contributed by atoms with Crippen molar-refractivity contribution in [2.75, 3.05) is 19.6 Å². The molecule has 8 heteroatoms. The Labute approximate surface area is 175 Å². The number of rotatable bonds is 6. The van der Waals surface area contributed by atoms with E-state index in [9.17, 15) is 13.2 Å². The van der Waals surface area contributed by atoms with Gasteiger partial charge in [0.1, 0.15) is 0 Å². The highest BCUT2D eigenvalue weighted by Gasteiger charge is 2.29. The van der Waals surface area contributed by atoms with Crippen LogP contribution < -0.4 is 5.32 Å². The molecule has 150 valence electrons. The molecule has 1 aliphatic rings. The molecule has 28 heavy (non-hydrogen) atoms. The molecule has 0 saturated carbocycles. The van der Waals surface area contributed by atoms with Crippen molar-refractivity contribution >= 4 is 39.1 Å². The van der Waals surface area contributed by atoms with Crippen LogP contribution in [0, 0.1) is 5.92 Å². The van der Waals surface area contributed by atoms with Crippen LogP contribution in [0.25, 0.3) is 0 Å². The third-order valence-electron chi connectivity index (χ3n) is 4.94. The zero-order valence-corrected chi connectivity index (χ0v) is 17.6. The van der Waals surface area contributed by atoms with Crippen LogP contribution in [-0.4, -0.2) is 38.3 Å². The van der Waals surface area contributed by atoms with Gasteiger partial charge >= 0.3 is 0 Å². The average Bonchev–Trinajstić information content (AvgIpc) is 2.70. The normalized spacial score (nSPS) is 16.1. The third-order valence-corrected chi connectivity index (χ3v) is 7.56. The van der Waals surface area contributed by atoms with Gasteiger partial charge in [-0.15, -0.1) is 0 Å². The summed E-state index contributed by atoms with van der Waals surface area (Å²) in [7, 11) is -3.45. The van der Waals surface area contributed by atoms with E-state index in [2.05, 4.69) is 5.32 Å². The first-order valence-electron chi connectivity index (χ1n) is 9.12. The van der Waals surface area contributed by atoms with Crippen molar-refractivity contribution in [3.63, 3.8) is 0 Å². The van der Waals surface area contributed by atoms with Gasteiger partial charge in [-0.2, -0.15) is 4.31 Å². The minimum Gasteiger partial charge on any atom is -0.356 e. The number of sulfonamides is 1. The monoisotopic (exact) mass is 440 g/mol. The predicted molar refractivity (Wildman–Crippen MR) is 111 cm³/mol. The number of carbonyl (C=O) groups excluding carboxylic acids is 1. The van der Waals surface area contributed by atoms with Crippen molar-refractivity contribution in [3.05, 3.63) is 64.1 Å². The first-order chi connectivity index (χ1) is 13.4. The fraction of sp³-hybridized carbons (Fsp3) is 0.350. The highest BCUT2D eigenvalue weighted by molar-refractivity contribution is 7.89. The summed E-state index contributed by atoms with van der Waals surface area (Å²) in [4.78, 5) is 12.6. The largest absolute Gasteiger partial charge is 0.356 e. The lowest BCUT2D eigenvalue weighted by Gasteiger charge is -2.31. The second-order valence-corrected chi connectivity index (χ2v) is 9.59. The molecule has 0 aliphatic carbocycles. The number of nitrogens with one attached hydrogen (secondary N) is 1. The van der Waals surface area contributed by atoms with E-state index in [0.29, 0.717) is 53.0 Å². The van der Waals surface area contributed by atoms with Gasteiger partial charge in [0.05, 0.1) is 11.3 Å². The molecule has 0 atom stereocenters. The molecule has 0 unspecified atom stereocenters. The van der Waals surface area contributed by atoms with Crippen molar-refractivity contribution in [2.45, 2.75) is 24.2 Å². The molecule has 0 radical (unpaired) electrons. The van der Waals surface area contributed by atoms with Gasteiger partial charge in [-0.25, -0.2) is 8.42 Å². The molecule has 0 aromatic heterocycles. The van der Waals surface area contributed by atoms with Crippen LogP contribution >= 0.6 is 23.2 Å². The van der Waals surface area contributed by atoms with Gasteiger partial charge in [0.2, 0.25) is 15.9 Å². The molecule has 2 aromatic rings. The van der Waals surface area contributed by atoms with E-state index in [1.165, 1.54) is 4.31 Å². The van der Waals surface area contributed by atoms with E-state index >= 15 is 0 Å². The zero-order valence-electron chi connectivity index (χ0n) is 15.3. The lowest BCUT2D eigenvalue weighted by molar-refractivity contribution is -0.120. The second kappa shape index (κ2) is 9.27. The minimum atomic E-state index is -3.45. The van der Waals surface area contributed by atoms with Gasteiger partial charge in [0.15, 0.2) is 0 Å². The quantitative estimate of drug-likeness (QED) is 0.743. The number of piperidine rings is 1. The van der Waals surface area contributed by atoms with Gasteiger partial charge < -0.3 is 5.32 Å². The van der Waals surface area contributed by atoms with Crippen molar-refractivity contribution in [3.8, 4) is 0 Å². The van der Waals surface area contributed by atoms with Crippen LogP contribution in [0.3, 0.4) is 0 Å². The van der Waals surface area contributed by atoms with E-state index in [4.69, 9.17) is 23.2 Å². The lowest BCUT2D eigenvalue weighted by Crippen LogP contribution is -2.41. The number of carbonyl (C=O) groups is 1. The van der Waals surface area contributed by atoms with Crippen molar-refractivity contribution in [1.82, 2.24) is 9.62 Å². The number of amides is 1. The molecule has 1 fully saturated rings. The summed E-state index contributed by atoms with van der Waals surface area (Å²) in [5.41, 5.74) is 0.618. The van der Waals surface area contributed by atoms with E-state index in [1.807, 2.05) is 0 Å². The van der Waals surface area contributed by atoms with Crippen molar-refractivity contribution in [1.29, 1.82) is 0 Å². The maximum atomic E-state index is 12.7. The van der Waals surface area contributed by atoms with E-state index in [0.717, 1.165) is 0 Å². The first kappa shape index (κ1) is 21.1. The lowest BCUT2D eigenvalue weighted by atomic mass is 9.98. The Balaban J connectivity index is 1.49. The number of benzene rings is 2. The maximum Gasteiger partial charge on any atom is 0.243 e. The number of halogens is 2. The summed E-state index contributed by atoms with van der Waals surface area (Å²) < 4.78 is 26.8. The summed E-state index contributed by atoms with van der Waals surface area (Å²) in [6.07, 6.45) is 1.54. The Morgan fingerprint density at radius 2 is 1.61 bits per heavy atom. The van der Waals surface area contributed by atoms with Crippen LogP contribution in [0.2, 0.25) is 10.0 Å². The van der Waals surface area contributed by atoms with E-state index in [-0.39, 0.29) is 18.2 Å². The molecule has 1 amide bonds. The summed E-state index contributed by atoms with van der Waals surface area (Å²) in [5, 5.41) is 3.86. The second-order valence-electron chi connectivity index (χ2n) is 6.84. The van der Waals surface area contributed by atoms with Crippen molar-refractivity contribution in [2.24, 2.45) is 5.92 Å². The van der Waals surface area contributed by atoms with E-state index in [1.54, 1.807) is 48.5 Å². The fourth-order valence-electron chi connectivity index (χ4n) is 3.28. The number of hydrogen-bond acceptors (Lipinski definition) is 3. The average molecular weight is 441 g/mol. The maximum absolute atomic E-state index is 12.7. The summed E-state index contributed by atoms with van der Waals surface area (Å²) in [6.45, 7) is 1.42. The van der Waals surface area contributed by atoms with Gasteiger partial charge in [-0.3, -0.25) is 4.79 Å². The molecule has 2 aromatic carbocycles. The molecular formula is C20H22Cl2N2O3S. The standard InChI is InChI=1S/C20H22Cl2N2O3S/c21-18-7-4-8-19(22)17(18)13-20(25)23-14-15-9-11-24(12-10-15)28(26,27)16-5-2-1-3-6-16/h1-8,15H,9-14H2,(H,23,25). The number of nitrogens with zero attached hydrogens (tertiary/aromatic N) is 1. The summed E-state index contributed by atoms with van der Waals surface area (Å²) >= 11 is 12.2. The molecule has 1 heterocycles. The molecular weight excluding hydrogens is 419 g/mol. The Morgan fingerprint density at radius 3 is 2.21 bits per heavy atom. The highest BCUT2D eigenvalue weighted by atomic mass is 35.5. The molecule has 0 spiro atoms. The zero-order chi connectivity index (χ0) is 20.1. The minimum absolute atomic E-state index is 0.125. The van der Waals surface area contributed by atoms with Crippen molar-refractivity contribution < 1.29 is 13.2 Å². The Bertz CT molecular complexity index is 907. The van der Waals surface area contributed by atoms with Crippen LogP contribution in [0.4, 0.5) is 0 Å². The van der Waals surface area contributed by atoms with Crippen LogP contribution in [-0.2, 0) is 21.2 Å². The molecule has 5 nitrogen and oxygen atoms in total. The molecule has 1 aliphatic heterocycles. The van der Waals surface area contributed by atoms with Gasteiger partial charge in [0.25, 0.3) is 0 Å². The molecule has 3 rings (SSSR count). The summed E-state index contributed by atoms with van der Waals surface area (Å²) in [5.74, 6) is 0.0993. The van der Waals surface area contributed by atoms with E-state index < -0.39 is 10.0 Å². The Morgan fingerprint density at radius 1 is 1.00 bits per heavy atom. The third kappa shape index (κ3) is 5.06. The summed E-state index contributed by atoms with van der Waals surface area (Å²) in [6, 6.07) is 13.6. The predicted octanol–water partition coefficient (Wildman–Crippen LogP) is 3.75. The first-order valence-corrected chi connectivity index (χ1v) is 11.3. The smallest absolute Gasteiger partial charge is 0.243 e. The molecule has 1 N–H and O–H groups in total. The Hall–Kier alpha value is -1.60. The van der Waals surface area contributed by atoms with Crippen LogP contribution in [0.1, 0.15) is 18.4 Å². The van der Waals surface area contributed by atoms with Gasteiger partial charge in [0, 0.05) is 29.7 Å². The number of hydrogen-bond donors (Lipinski definition) is 1. The van der Waals surface area contributed by atoms with Crippen LogP contribution in [0.15, 0.2) is 53.4 Å². The molecule has 0 bridgehead atoms.